The summed E-state index contributed by atoms with van der Waals surface area (Å²) in [6, 6.07) is 13.1. The molecule has 1 heterocycles. The minimum Gasteiger partial charge on any atom is -0.497 e. The molecule has 0 saturated carbocycles. The Labute approximate surface area is 197 Å². The summed E-state index contributed by atoms with van der Waals surface area (Å²) in [5, 5.41) is 7.00. The summed E-state index contributed by atoms with van der Waals surface area (Å²) in [6.45, 7) is 1.76. The minimum absolute atomic E-state index is 0.117. The van der Waals surface area contributed by atoms with Crippen molar-refractivity contribution < 1.29 is 27.1 Å². The minimum atomic E-state index is -3.81. The Morgan fingerprint density at radius 1 is 1.06 bits per heavy atom. The third kappa shape index (κ3) is 4.62. The van der Waals surface area contributed by atoms with E-state index in [2.05, 4.69) is 15.2 Å². The van der Waals surface area contributed by atoms with E-state index in [1.807, 2.05) is 0 Å². The number of hydrogen-bond donors (Lipinski definition) is 2. The molecule has 9 nitrogen and oxygen atoms in total. The summed E-state index contributed by atoms with van der Waals surface area (Å²) in [5.41, 5.74) is 2.21. The van der Waals surface area contributed by atoms with Crippen molar-refractivity contribution in [2.75, 3.05) is 19.5 Å². The van der Waals surface area contributed by atoms with Crippen LogP contribution < -0.4 is 19.6 Å². The summed E-state index contributed by atoms with van der Waals surface area (Å²) in [5.74, 6) is 1.31. The molecule has 2 N–H and O–H groups in total. The predicted molar refractivity (Wildman–Crippen MR) is 127 cm³/mol. The summed E-state index contributed by atoms with van der Waals surface area (Å²) in [7, 11) is -0.772. The van der Waals surface area contributed by atoms with Crippen molar-refractivity contribution in [1.82, 2.24) is 4.83 Å². The number of nitrogens with one attached hydrogen (secondary N) is 2. The van der Waals surface area contributed by atoms with Crippen molar-refractivity contribution >= 4 is 27.3 Å². The number of carbonyl (C=O) groups is 1. The second-order valence-corrected chi connectivity index (χ2v) is 9.36. The van der Waals surface area contributed by atoms with E-state index in [9.17, 15) is 13.2 Å². The Morgan fingerprint density at radius 2 is 1.82 bits per heavy atom. The van der Waals surface area contributed by atoms with Crippen LogP contribution in [0.3, 0.4) is 0 Å². The highest BCUT2D eigenvalue weighted by Gasteiger charge is 2.29. The predicted octanol–water partition coefficient (Wildman–Crippen LogP) is 3.88. The molecule has 1 aliphatic carbocycles. The first-order valence-electron chi connectivity index (χ1n) is 10.6. The van der Waals surface area contributed by atoms with Crippen molar-refractivity contribution in [2.24, 2.45) is 5.10 Å². The summed E-state index contributed by atoms with van der Waals surface area (Å²) >= 11 is 0. The fourth-order valence-electron chi connectivity index (χ4n) is 3.86. The molecule has 34 heavy (non-hydrogen) atoms. The molecule has 0 spiro atoms. The lowest BCUT2D eigenvalue weighted by atomic mass is 9.93. The Balaban J connectivity index is 1.62. The van der Waals surface area contributed by atoms with Gasteiger partial charge in [-0.3, -0.25) is 4.79 Å². The molecule has 1 amide bonds. The van der Waals surface area contributed by atoms with Gasteiger partial charge in [-0.1, -0.05) is 18.2 Å². The molecule has 0 saturated heterocycles. The number of anilines is 1. The normalized spacial score (nSPS) is 14.4. The average Bonchev–Trinajstić information content (AvgIpc) is 3.20. The molecule has 178 valence electrons. The quantitative estimate of drug-likeness (QED) is 0.492. The zero-order chi connectivity index (χ0) is 24.3. The molecule has 0 fully saturated rings. The van der Waals surface area contributed by atoms with Crippen molar-refractivity contribution in [2.45, 2.75) is 31.1 Å². The number of hydrogen-bond acceptors (Lipinski definition) is 7. The maximum absolute atomic E-state index is 13.1. The third-order valence-electron chi connectivity index (χ3n) is 5.54. The second-order valence-electron chi connectivity index (χ2n) is 7.69. The largest absolute Gasteiger partial charge is 0.497 e. The summed E-state index contributed by atoms with van der Waals surface area (Å²) in [4.78, 5) is 15.5. The van der Waals surface area contributed by atoms with Gasteiger partial charge < -0.3 is 19.2 Å². The van der Waals surface area contributed by atoms with Gasteiger partial charge in [0, 0.05) is 23.6 Å². The zero-order valence-corrected chi connectivity index (χ0v) is 19.9. The van der Waals surface area contributed by atoms with Crippen LogP contribution in [0.15, 0.2) is 62.9 Å². The maximum atomic E-state index is 13.1. The van der Waals surface area contributed by atoms with Crippen LogP contribution in [-0.4, -0.2) is 34.3 Å². The number of furan rings is 1. The molecule has 1 aromatic heterocycles. The standard InChI is InChI=1S/C24H25N3O6S/c1-15-22-18(26-27-34(29,30)17-8-5-4-6-9-17)10-7-11-21(22)33-23(15)24(28)25-19-14-16(31-2)12-13-20(19)32-3/h4-6,8-9,12-14,27H,7,10-11H2,1-3H3,(H,25,28)/b26-18+. The Kier molecular flexibility index (Phi) is 6.60. The van der Waals surface area contributed by atoms with E-state index < -0.39 is 15.9 Å². The van der Waals surface area contributed by atoms with Gasteiger partial charge >= 0.3 is 0 Å². The highest BCUT2D eigenvalue weighted by molar-refractivity contribution is 7.89. The maximum Gasteiger partial charge on any atom is 0.291 e. The number of fused-ring (bicyclic) bond motifs is 1. The number of carbonyl (C=O) groups excluding carboxylic acids is 1. The van der Waals surface area contributed by atoms with Crippen LogP contribution >= 0.6 is 0 Å². The first kappa shape index (κ1) is 23.4. The van der Waals surface area contributed by atoms with Gasteiger partial charge in [0.25, 0.3) is 15.9 Å². The molecule has 0 unspecified atom stereocenters. The van der Waals surface area contributed by atoms with Gasteiger partial charge in [0.15, 0.2) is 5.76 Å². The molecule has 10 heteroatoms. The van der Waals surface area contributed by atoms with E-state index in [1.165, 1.54) is 26.4 Å². The fourth-order valence-corrected chi connectivity index (χ4v) is 4.71. The smallest absolute Gasteiger partial charge is 0.291 e. The van der Waals surface area contributed by atoms with Crippen LogP contribution in [0.1, 0.15) is 40.3 Å². The van der Waals surface area contributed by atoms with Gasteiger partial charge in [-0.2, -0.15) is 18.4 Å². The fraction of sp³-hybridized carbons (Fsp3) is 0.250. The zero-order valence-electron chi connectivity index (χ0n) is 19.0. The summed E-state index contributed by atoms with van der Waals surface area (Å²) in [6.07, 6.45) is 1.89. The molecule has 1 aliphatic rings. The van der Waals surface area contributed by atoms with E-state index in [4.69, 9.17) is 13.9 Å². The van der Waals surface area contributed by atoms with Gasteiger partial charge in [-0.25, -0.2) is 0 Å². The molecular weight excluding hydrogens is 458 g/mol. The molecule has 0 atom stereocenters. The first-order valence-corrected chi connectivity index (χ1v) is 12.1. The van der Waals surface area contributed by atoms with Crippen LogP contribution in [-0.2, 0) is 16.4 Å². The Bertz CT molecular complexity index is 1350. The van der Waals surface area contributed by atoms with E-state index in [-0.39, 0.29) is 10.7 Å². The highest BCUT2D eigenvalue weighted by atomic mass is 32.2. The van der Waals surface area contributed by atoms with Gasteiger partial charge in [0.05, 0.1) is 30.5 Å². The molecular formula is C24H25N3O6S. The van der Waals surface area contributed by atoms with Crippen molar-refractivity contribution in [3.8, 4) is 11.5 Å². The van der Waals surface area contributed by atoms with Crippen LogP contribution in [0.5, 0.6) is 11.5 Å². The molecule has 0 bridgehead atoms. The molecule has 0 radical (unpaired) electrons. The van der Waals surface area contributed by atoms with E-state index in [0.29, 0.717) is 52.6 Å². The number of aryl methyl sites for hydroxylation is 1. The average molecular weight is 484 g/mol. The van der Waals surface area contributed by atoms with E-state index in [0.717, 1.165) is 6.42 Å². The summed E-state index contributed by atoms with van der Waals surface area (Å²) < 4.78 is 41.6. The third-order valence-corrected chi connectivity index (χ3v) is 6.77. The van der Waals surface area contributed by atoms with Crippen molar-refractivity contribution in [3.63, 3.8) is 0 Å². The lowest BCUT2D eigenvalue weighted by Gasteiger charge is -2.14. The first-order chi connectivity index (χ1) is 16.3. The molecule has 3 aromatic rings. The van der Waals surface area contributed by atoms with Crippen molar-refractivity contribution in [3.05, 3.63) is 71.2 Å². The van der Waals surface area contributed by atoms with Crippen LogP contribution in [0, 0.1) is 6.92 Å². The van der Waals surface area contributed by atoms with Crippen LogP contribution in [0.25, 0.3) is 0 Å². The number of amides is 1. The van der Waals surface area contributed by atoms with E-state index >= 15 is 0 Å². The Morgan fingerprint density at radius 3 is 2.53 bits per heavy atom. The highest BCUT2D eigenvalue weighted by Crippen LogP contribution is 2.33. The lowest BCUT2D eigenvalue weighted by Crippen LogP contribution is -2.22. The number of hydrazone groups is 1. The van der Waals surface area contributed by atoms with Gasteiger partial charge in [-0.15, -0.1) is 0 Å². The van der Waals surface area contributed by atoms with Gasteiger partial charge in [-0.05, 0) is 44.0 Å². The van der Waals surface area contributed by atoms with Gasteiger partial charge in [0.2, 0.25) is 0 Å². The Hall–Kier alpha value is -3.79. The number of rotatable bonds is 7. The monoisotopic (exact) mass is 483 g/mol. The lowest BCUT2D eigenvalue weighted by molar-refractivity contribution is 0.0993. The number of ether oxygens (including phenoxy) is 2. The topological polar surface area (TPSA) is 119 Å². The molecule has 2 aromatic carbocycles. The number of methoxy groups -OCH3 is 2. The van der Waals surface area contributed by atoms with Crippen LogP contribution in [0.2, 0.25) is 0 Å². The number of sulfonamides is 1. The van der Waals surface area contributed by atoms with Crippen LogP contribution in [0.4, 0.5) is 5.69 Å². The number of benzene rings is 2. The second kappa shape index (κ2) is 9.60. The van der Waals surface area contributed by atoms with E-state index in [1.54, 1.807) is 43.3 Å². The molecule has 0 aliphatic heterocycles. The SMILES string of the molecule is COc1ccc(OC)c(NC(=O)c2oc3c(c2C)/C(=N/NS(=O)(=O)c2ccccc2)CCC3)c1. The van der Waals surface area contributed by atoms with Gasteiger partial charge in [0.1, 0.15) is 17.3 Å². The number of nitrogens with zero attached hydrogens (tertiary/aromatic N) is 1. The van der Waals surface area contributed by atoms with Crippen molar-refractivity contribution in [1.29, 1.82) is 0 Å². The molecule has 4 rings (SSSR count).